The molecule has 0 fully saturated rings. The number of hydrogen-bond acceptors (Lipinski definition) is 7. The van der Waals surface area contributed by atoms with Gasteiger partial charge >= 0.3 is 0 Å². The molecule has 0 atom stereocenters. The van der Waals surface area contributed by atoms with Crippen LogP contribution in [0.15, 0.2) is 77.6 Å². The summed E-state index contributed by atoms with van der Waals surface area (Å²) in [5.41, 5.74) is 2.53. The van der Waals surface area contributed by atoms with Gasteiger partial charge in [0.15, 0.2) is 17.3 Å². The van der Waals surface area contributed by atoms with Gasteiger partial charge in [-0.2, -0.15) is 9.50 Å². The van der Waals surface area contributed by atoms with Crippen LogP contribution in [-0.4, -0.2) is 28.3 Å². The molecule has 0 aliphatic carbocycles. The lowest BCUT2D eigenvalue weighted by atomic mass is 10.2. The van der Waals surface area contributed by atoms with Crippen molar-refractivity contribution in [3.63, 3.8) is 0 Å². The third-order valence-electron chi connectivity index (χ3n) is 6.03. The number of thiazole rings is 1. The van der Waals surface area contributed by atoms with E-state index in [-0.39, 0.29) is 5.56 Å². The number of methoxy groups -OCH3 is 1. The molecule has 0 unspecified atom stereocenters. The van der Waals surface area contributed by atoms with Gasteiger partial charge in [-0.05, 0) is 60.0 Å². The summed E-state index contributed by atoms with van der Waals surface area (Å²) in [6, 6.07) is 23.2. The van der Waals surface area contributed by atoms with Gasteiger partial charge in [0.2, 0.25) is 4.96 Å². The fourth-order valence-corrected chi connectivity index (χ4v) is 4.89. The molecule has 5 aromatic rings. The summed E-state index contributed by atoms with van der Waals surface area (Å²) < 4.78 is 19.2. The van der Waals surface area contributed by atoms with E-state index in [4.69, 9.17) is 14.2 Å². The first-order valence-corrected chi connectivity index (χ1v) is 13.5. The van der Waals surface area contributed by atoms with E-state index >= 15 is 0 Å². The summed E-state index contributed by atoms with van der Waals surface area (Å²) in [4.78, 5) is 18.2. The molecule has 0 amide bonds. The second-order valence-electron chi connectivity index (χ2n) is 8.81. The van der Waals surface area contributed by atoms with Crippen LogP contribution in [0.3, 0.4) is 0 Å². The average molecular weight is 528 g/mol. The van der Waals surface area contributed by atoms with Gasteiger partial charge < -0.3 is 14.2 Å². The largest absolute Gasteiger partial charge is 0.494 e. The molecule has 0 N–H and O–H groups in total. The molecule has 0 spiro atoms. The Kier molecular flexibility index (Phi) is 7.99. The van der Waals surface area contributed by atoms with Crippen molar-refractivity contribution in [2.75, 3.05) is 13.7 Å². The van der Waals surface area contributed by atoms with Crippen LogP contribution in [0.25, 0.3) is 22.4 Å². The SMILES string of the molecule is CCCCCOc1ccc(-c2nc3s/c(=C/c4ccc(OCc5ccccc5)c(OC)c4)c(=O)n3n2)cc1. The van der Waals surface area contributed by atoms with Crippen LogP contribution in [-0.2, 0) is 6.61 Å². The Labute approximate surface area is 225 Å². The lowest BCUT2D eigenvalue weighted by Gasteiger charge is -2.11. The Morgan fingerprint density at radius 2 is 1.76 bits per heavy atom. The molecule has 0 saturated heterocycles. The van der Waals surface area contributed by atoms with Crippen LogP contribution >= 0.6 is 11.3 Å². The van der Waals surface area contributed by atoms with E-state index in [1.807, 2.05) is 78.9 Å². The topological polar surface area (TPSA) is 75.0 Å². The van der Waals surface area contributed by atoms with Gasteiger partial charge in [0.1, 0.15) is 12.4 Å². The molecule has 7 nitrogen and oxygen atoms in total. The van der Waals surface area contributed by atoms with Gasteiger partial charge in [-0.1, -0.05) is 67.5 Å². The lowest BCUT2D eigenvalue weighted by molar-refractivity contribution is 0.284. The van der Waals surface area contributed by atoms with Crippen LogP contribution in [0.1, 0.15) is 37.3 Å². The van der Waals surface area contributed by atoms with Crippen LogP contribution < -0.4 is 24.3 Å². The summed E-state index contributed by atoms with van der Waals surface area (Å²) in [6.45, 7) is 3.32. The van der Waals surface area contributed by atoms with Crippen LogP contribution in [0, 0.1) is 0 Å². The second kappa shape index (κ2) is 11.9. The smallest absolute Gasteiger partial charge is 0.291 e. The summed E-state index contributed by atoms with van der Waals surface area (Å²) in [6.07, 6.45) is 5.18. The normalized spacial score (nSPS) is 11.7. The van der Waals surface area contributed by atoms with Crippen LogP contribution in [0.4, 0.5) is 0 Å². The number of rotatable bonds is 11. The maximum absolute atomic E-state index is 13.0. The van der Waals surface area contributed by atoms with E-state index in [2.05, 4.69) is 17.0 Å². The molecule has 194 valence electrons. The Morgan fingerprint density at radius 1 is 0.947 bits per heavy atom. The maximum Gasteiger partial charge on any atom is 0.291 e. The van der Waals surface area contributed by atoms with Crippen molar-refractivity contribution >= 4 is 22.4 Å². The number of benzene rings is 3. The predicted octanol–water partition coefficient (Wildman–Crippen LogP) is 5.52. The minimum Gasteiger partial charge on any atom is -0.494 e. The fraction of sp³-hybridized carbons (Fsp3) is 0.233. The van der Waals surface area contributed by atoms with Crippen molar-refractivity contribution in [1.82, 2.24) is 14.6 Å². The highest BCUT2D eigenvalue weighted by Crippen LogP contribution is 2.29. The first-order valence-electron chi connectivity index (χ1n) is 12.6. The van der Waals surface area contributed by atoms with Crippen LogP contribution in [0.5, 0.6) is 17.2 Å². The van der Waals surface area contributed by atoms with Gasteiger partial charge in [-0.3, -0.25) is 4.79 Å². The molecule has 0 aliphatic heterocycles. The van der Waals surface area contributed by atoms with Crippen molar-refractivity contribution in [2.24, 2.45) is 0 Å². The quantitative estimate of drug-likeness (QED) is 0.211. The summed E-state index contributed by atoms with van der Waals surface area (Å²) in [5.74, 6) is 2.57. The van der Waals surface area contributed by atoms with E-state index in [1.54, 1.807) is 7.11 Å². The Morgan fingerprint density at radius 3 is 2.50 bits per heavy atom. The molecule has 5 rings (SSSR count). The summed E-state index contributed by atoms with van der Waals surface area (Å²) in [7, 11) is 1.60. The van der Waals surface area contributed by atoms with Gasteiger partial charge in [0.05, 0.1) is 18.2 Å². The molecule has 0 aliphatic rings. The minimum atomic E-state index is -0.206. The highest BCUT2D eigenvalue weighted by atomic mass is 32.1. The zero-order chi connectivity index (χ0) is 26.3. The van der Waals surface area contributed by atoms with Gasteiger partial charge in [-0.25, -0.2) is 0 Å². The zero-order valence-electron chi connectivity index (χ0n) is 21.4. The first-order chi connectivity index (χ1) is 18.6. The van der Waals surface area contributed by atoms with E-state index in [0.29, 0.717) is 40.0 Å². The Balaban J connectivity index is 1.32. The van der Waals surface area contributed by atoms with E-state index in [9.17, 15) is 4.79 Å². The maximum atomic E-state index is 13.0. The Hall–Kier alpha value is -4.17. The van der Waals surface area contributed by atoms with Crippen molar-refractivity contribution < 1.29 is 14.2 Å². The molecular formula is C30H29N3O4S. The second-order valence-corrected chi connectivity index (χ2v) is 9.82. The zero-order valence-corrected chi connectivity index (χ0v) is 22.2. The molecule has 8 heteroatoms. The molecule has 0 radical (unpaired) electrons. The standard InChI is InChI=1S/C30H29N3O4S/c1-3-4-8-17-36-24-14-12-23(13-15-24)28-31-30-33(32-28)29(34)27(38-30)19-22-11-16-25(26(18-22)35-2)37-20-21-9-6-5-7-10-21/h5-7,9-16,18-19H,3-4,8,17,20H2,1-2H3/b27-19+. The monoisotopic (exact) mass is 527 g/mol. The van der Waals surface area contributed by atoms with E-state index in [1.165, 1.54) is 15.9 Å². The molecular weight excluding hydrogens is 498 g/mol. The van der Waals surface area contributed by atoms with Crippen LogP contribution in [0.2, 0.25) is 0 Å². The molecule has 2 aromatic heterocycles. The van der Waals surface area contributed by atoms with E-state index < -0.39 is 0 Å². The summed E-state index contributed by atoms with van der Waals surface area (Å²) >= 11 is 1.30. The highest BCUT2D eigenvalue weighted by molar-refractivity contribution is 7.15. The van der Waals surface area contributed by atoms with Crippen molar-refractivity contribution in [2.45, 2.75) is 32.8 Å². The number of ether oxygens (including phenoxy) is 3. The van der Waals surface area contributed by atoms with Crippen molar-refractivity contribution in [3.8, 4) is 28.6 Å². The van der Waals surface area contributed by atoms with Crippen molar-refractivity contribution in [1.29, 1.82) is 0 Å². The number of hydrogen-bond donors (Lipinski definition) is 0. The number of unbranched alkanes of at least 4 members (excludes halogenated alkanes) is 2. The molecule has 3 aromatic carbocycles. The molecule has 38 heavy (non-hydrogen) atoms. The number of aromatic nitrogens is 3. The third-order valence-corrected chi connectivity index (χ3v) is 6.99. The van der Waals surface area contributed by atoms with E-state index in [0.717, 1.165) is 41.7 Å². The van der Waals surface area contributed by atoms with Crippen molar-refractivity contribution in [3.05, 3.63) is 98.8 Å². The van der Waals surface area contributed by atoms with Gasteiger partial charge in [-0.15, -0.1) is 5.10 Å². The molecule has 0 bridgehead atoms. The summed E-state index contributed by atoms with van der Waals surface area (Å²) in [5, 5.41) is 4.46. The first kappa shape index (κ1) is 25.5. The lowest BCUT2D eigenvalue weighted by Crippen LogP contribution is -2.23. The highest BCUT2D eigenvalue weighted by Gasteiger charge is 2.13. The Bertz CT molecular complexity index is 1610. The van der Waals surface area contributed by atoms with Gasteiger partial charge in [0.25, 0.3) is 5.56 Å². The number of nitrogens with zero attached hydrogens (tertiary/aromatic N) is 3. The predicted molar refractivity (Wildman–Crippen MR) is 150 cm³/mol. The minimum absolute atomic E-state index is 0.206. The molecule has 0 saturated carbocycles. The molecule has 2 heterocycles. The fourth-order valence-electron chi connectivity index (χ4n) is 3.98. The van der Waals surface area contributed by atoms with Gasteiger partial charge in [0, 0.05) is 5.56 Å². The number of fused-ring (bicyclic) bond motifs is 1. The average Bonchev–Trinajstić information content (AvgIpc) is 3.50. The third kappa shape index (κ3) is 5.86.